The maximum atomic E-state index is 8.64. The molecule has 1 aliphatic rings. The summed E-state index contributed by atoms with van der Waals surface area (Å²) < 4.78 is 5.62. The van der Waals surface area contributed by atoms with E-state index in [4.69, 9.17) is 9.84 Å². The molecule has 2 atom stereocenters. The number of unbranched alkanes of at least 4 members (excludes halogenated alkanes) is 3. The zero-order chi connectivity index (χ0) is 11.6. The Kier molecular flexibility index (Phi) is 7.81. The van der Waals surface area contributed by atoms with Gasteiger partial charge in [-0.05, 0) is 45.6 Å². The minimum absolute atomic E-state index is 0.336. The molecule has 2 unspecified atom stereocenters. The lowest BCUT2D eigenvalue weighted by Gasteiger charge is -2.17. The van der Waals surface area contributed by atoms with Crippen LogP contribution in [0.3, 0.4) is 0 Å². The fourth-order valence-electron chi connectivity index (χ4n) is 2.25. The molecule has 0 aromatic carbocycles. The van der Waals surface area contributed by atoms with Gasteiger partial charge >= 0.3 is 0 Å². The third kappa shape index (κ3) is 6.46. The number of hydrogen-bond donors (Lipinski definition) is 2. The van der Waals surface area contributed by atoms with Gasteiger partial charge in [-0.2, -0.15) is 0 Å². The van der Waals surface area contributed by atoms with Crippen LogP contribution in [-0.4, -0.2) is 37.0 Å². The van der Waals surface area contributed by atoms with E-state index in [1.807, 2.05) is 0 Å². The van der Waals surface area contributed by atoms with Gasteiger partial charge in [-0.1, -0.05) is 12.8 Å². The minimum Gasteiger partial charge on any atom is -0.396 e. The van der Waals surface area contributed by atoms with Crippen LogP contribution in [0.2, 0.25) is 0 Å². The van der Waals surface area contributed by atoms with Gasteiger partial charge in [-0.25, -0.2) is 0 Å². The van der Waals surface area contributed by atoms with Crippen molar-refractivity contribution in [3.8, 4) is 0 Å². The molecule has 0 spiro atoms. The molecule has 1 fully saturated rings. The second kappa shape index (κ2) is 8.97. The first-order valence-corrected chi connectivity index (χ1v) is 6.78. The second-order valence-electron chi connectivity index (χ2n) is 4.86. The predicted octanol–water partition coefficient (Wildman–Crippen LogP) is 2.09. The van der Waals surface area contributed by atoms with Gasteiger partial charge in [0.1, 0.15) is 0 Å². The number of ether oxygens (including phenoxy) is 1. The van der Waals surface area contributed by atoms with Crippen LogP contribution in [0.4, 0.5) is 0 Å². The van der Waals surface area contributed by atoms with E-state index in [0.717, 1.165) is 32.4 Å². The van der Waals surface area contributed by atoms with Gasteiger partial charge in [-0.15, -0.1) is 0 Å². The highest BCUT2D eigenvalue weighted by Crippen LogP contribution is 2.16. The van der Waals surface area contributed by atoms with Crippen molar-refractivity contribution in [2.45, 2.75) is 64.0 Å². The van der Waals surface area contributed by atoms with Crippen molar-refractivity contribution < 1.29 is 9.84 Å². The Balaban J connectivity index is 1.87. The Bertz CT molecular complexity index is 158. The van der Waals surface area contributed by atoms with E-state index in [2.05, 4.69) is 12.2 Å². The molecule has 0 aromatic heterocycles. The molecule has 1 saturated heterocycles. The van der Waals surface area contributed by atoms with Gasteiger partial charge in [0.25, 0.3) is 0 Å². The third-order valence-corrected chi connectivity index (χ3v) is 3.22. The first-order valence-electron chi connectivity index (χ1n) is 6.78. The Hall–Kier alpha value is -0.120. The summed E-state index contributed by atoms with van der Waals surface area (Å²) >= 11 is 0. The molecule has 0 bridgehead atoms. The van der Waals surface area contributed by atoms with E-state index in [1.165, 1.54) is 25.7 Å². The lowest BCUT2D eigenvalue weighted by Crippen LogP contribution is -2.30. The van der Waals surface area contributed by atoms with Crippen molar-refractivity contribution in [1.82, 2.24) is 5.32 Å². The molecule has 0 aromatic rings. The summed E-state index contributed by atoms with van der Waals surface area (Å²) in [5, 5.41) is 12.2. The summed E-state index contributed by atoms with van der Waals surface area (Å²) in [6.07, 6.45) is 8.66. The summed E-state index contributed by atoms with van der Waals surface area (Å²) in [6.45, 7) is 4.64. The van der Waals surface area contributed by atoms with Gasteiger partial charge in [-0.3, -0.25) is 0 Å². The first-order chi connectivity index (χ1) is 7.83. The van der Waals surface area contributed by atoms with Crippen LogP contribution < -0.4 is 5.32 Å². The van der Waals surface area contributed by atoms with Crippen LogP contribution in [-0.2, 0) is 4.74 Å². The molecule has 1 aliphatic heterocycles. The Morgan fingerprint density at radius 1 is 1.31 bits per heavy atom. The molecule has 0 amide bonds. The van der Waals surface area contributed by atoms with Crippen LogP contribution in [0.25, 0.3) is 0 Å². The molecule has 1 heterocycles. The average molecular weight is 229 g/mol. The highest BCUT2D eigenvalue weighted by atomic mass is 16.5. The number of nitrogens with one attached hydrogen (secondary N) is 1. The molecule has 3 nitrogen and oxygen atoms in total. The lowest BCUT2D eigenvalue weighted by atomic mass is 10.1. The maximum absolute atomic E-state index is 8.64. The molecule has 1 rings (SSSR count). The SMILES string of the molecule is CC(CC1CCCO1)NCCCCCCO. The van der Waals surface area contributed by atoms with Crippen LogP contribution in [0.1, 0.15) is 51.9 Å². The van der Waals surface area contributed by atoms with Gasteiger partial charge in [0.05, 0.1) is 6.10 Å². The van der Waals surface area contributed by atoms with Gasteiger partial charge in [0, 0.05) is 19.3 Å². The van der Waals surface area contributed by atoms with E-state index in [0.29, 0.717) is 18.8 Å². The number of aliphatic hydroxyl groups excluding tert-OH is 1. The molecule has 16 heavy (non-hydrogen) atoms. The van der Waals surface area contributed by atoms with E-state index >= 15 is 0 Å². The van der Waals surface area contributed by atoms with Crippen molar-refractivity contribution in [3.63, 3.8) is 0 Å². The largest absolute Gasteiger partial charge is 0.396 e. The Morgan fingerprint density at radius 3 is 2.81 bits per heavy atom. The van der Waals surface area contributed by atoms with E-state index in [1.54, 1.807) is 0 Å². The van der Waals surface area contributed by atoms with E-state index in [9.17, 15) is 0 Å². The smallest absolute Gasteiger partial charge is 0.0590 e. The lowest BCUT2D eigenvalue weighted by molar-refractivity contribution is 0.0963. The highest BCUT2D eigenvalue weighted by Gasteiger charge is 2.17. The van der Waals surface area contributed by atoms with E-state index in [-0.39, 0.29) is 0 Å². The van der Waals surface area contributed by atoms with Crippen LogP contribution in [0.15, 0.2) is 0 Å². The fraction of sp³-hybridized carbons (Fsp3) is 1.00. The summed E-state index contributed by atoms with van der Waals surface area (Å²) in [6, 6.07) is 0.570. The second-order valence-corrected chi connectivity index (χ2v) is 4.86. The first kappa shape index (κ1) is 13.9. The Morgan fingerprint density at radius 2 is 2.12 bits per heavy atom. The zero-order valence-corrected chi connectivity index (χ0v) is 10.6. The molecular formula is C13H27NO2. The van der Waals surface area contributed by atoms with Gasteiger partial charge in [0.15, 0.2) is 0 Å². The molecule has 3 heteroatoms. The van der Waals surface area contributed by atoms with Gasteiger partial charge < -0.3 is 15.2 Å². The zero-order valence-electron chi connectivity index (χ0n) is 10.6. The van der Waals surface area contributed by atoms with Crippen molar-refractivity contribution in [1.29, 1.82) is 0 Å². The molecule has 0 radical (unpaired) electrons. The summed E-state index contributed by atoms with van der Waals surface area (Å²) in [5.41, 5.74) is 0. The topological polar surface area (TPSA) is 41.5 Å². The monoisotopic (exact) mass is 229 g/mol. The average Bonchev–Trinajstić information content (AvgIpc) is 2.76. The van der Waals surface area contributed by atoms with Crippen molar-refractivity contribution in [2.75, 3.05) is 19.8 Å². The van der Waals surface area contributed by atoms with Crippen molar-refractivity contribution >= 4 is 0 Å². The van der Waals surface area contributed by atoms with Crippen LogP contribution in [0.5, 0.6) is 0 Å². The highest BCUT2D eigenvalue weighted by molar-refractivity contribution is 4.71. The number of rotatable bonds is 9. The minimum atomic E-state index is 0.336. The molecule has 96 valence electrons. The fourth-order valence-corrected chi connectivity index (χ4v) is 2.25. The van der Waals surface area contributed by atoms with E-state index < -0.39 is 0 Å². The molecule has 0 aliphatic carbocycles. The summed E-state index contributed by atoms with van der Waals surface area (Å²) in [7, 11) is 0. The number of aliphatic hydroxyl groups is 1. The quantitative estimate of drug-likeness (QED) is 0.595. The van der Waals surface area contributed by atoms with Crippen LogP contribution in [0, 0.1) is 0 Å². The molecular weight excluding hydrogens is 202 g/mol. The summed E-state index contributed by atoms with van der Waals surface area (Å²) in [5.74, 6) is 0. The van der Waals surface area contributed by atoms with Gasteiger partial charge in [0.2, 0.25) is 0 Å². The van der Waals surface area contributed by atoms with Crippen LogP contribution >= 0.6 is 0 Å². The normalized spacial score (nSPS) is 22.5. The molecule has 0 saturated carbocycles. The summed E-state index contributed by atoms with van der Waals surface area (Å²) in [4.78, 5) is 0. The molecule has 2 N–H and O–H groups in total. The standard InChI is InChI=1S/C13H27NO2/c1-12(11-13-7-6-10-16-13)14-8-4-2-3-5-9-15/h12-15H,2-11H2,1H3. The van der Waals surface area contributed by atoms with Crippen molar-refractivity contribution in [2.24, 2.45) is 0 Å². The third-order valence-electron chi connectivity index (χ3n) is 3.22. The Labute approximate surface area is 99.6 Å². The number of hydrogen-bond acceptors (Lipinski definition) is 3. The van der Waals surface area contributed by atoms with Crippen molar-refractivity contribution in [3.05, 3.63) is 0 Å². The maximum Gasteiger partial charge on any atom is 0.0590 e. The predicted molar refractivity (Wildman–Crippen MR) is 66.6 cm³/mol.